The van der Waals surface area contributed by atoms with Crippen LogP contribution in [-0.4, -0.2) is 4.98 Å². The first-order chi connectivity index (χ1) is 6.25. The van der Waals surface area contributed by atoms with E-state index in [1.54, 1.807) is 0 Å². The second-order valence-electron chi connectivity index (χ2n) is 1.20. The van der Waals surface area contributed by atoms with Crippen LogP contribution in [0.3, 0.4) is 0 Å². The fraction of sp³-hybridized carbons (Fsp3) is 0.167. The van der Waals surface area contributed by atoms with E-state index in [0.29, 0.717) is 0 Å². The van der Waals surface area contributed by atoms with E-state index in [4.69, 9.17) is 8.22 Å². The highest BCUT2D eigenvalue weighted by atomic mass is 16.1. The predicted molar refractivity (Wildman–Crippen MR) is 31.8 cm³/mol. The molecule has 0 unspecified atom stereocenters. The van der Waals surface area contributed by atoms with Crippen molar-refractivity contribution in [3.05, 3.63) is 34.2 Å². The smallest absolute Gasteiger partial charge is 0.248 e. The van der Waals surface area contributed by atoms with Crippen LogP contribution in [-0.2, 0) is 0 Å². The first-order valence-corrected chi connectivity index (χ1v) is 1.95. The third-order valence-electron chi connectivity index (χ3n) is 0.602. The molecule has 1 aromatic heterocycles. The first-order valence-electron chi connectivity index (χ1n) is 4.95. The Morgan fingerprint density at radius 3 is 3.62 bits per heavy atom. The first kappa shape index (κ1) is 1.47. The monoisotopic (exact) mass is 115 g/mol. The van der Waals surface area contributed by atoms with Crippen molar-refractivity contribution < 1.29 is 8.22 Å². The van der Waals surface area contributed by atoms with Gasteiger partial charge in [0.2, 0.25) is 5.56 Å². The summed E-state index contributed by atoms with van der Waals surface area (Å²) in [5.41, 5.74) is -1.64. The number of aromatic amines is 1. The molecule has 0 spiro atoms. The maximum absolute atomic E-state index is 11.0. The van der Waals surface area contributed by atoms with Gasteiger partial charge in [-0.3, -0.25) is 4.79 Å². The van der Waals surface area contributed by atoms with Crippen molar-refractivity contribution in [1.29, 1.82) is 0 Å². The van der Waals surface area contributed by atoms with Crippen molar-refractivity contribution in [3.63, 3.8) is 0 Å². The van der Waals surface area contributed by atoms with E-state index in [1.807, 2.05) is 4.98 Å². The van der Waals surface area contributed by atoms with Crippen LogP contribution in [0.1, 0.15) is 13.8 Å². The van der Waals surface area contributed by atoms with Crippen LogP contribution in [0, 0.1) is 6.85 Å². The van der Waals surface area contributed by atoms with E-state index >= 15 is 0 Å². The molecule has 0 aliphatic rings. The molecule has 0 aliphatic heterocycles. The van der Waals surface area contributed by atoms with Crippen LogP contribution in [0.25, 0.3) is 0 Å². The van der Waals surface area contributed by atoms with Crippen LogP contribution >= 0.6 is 0 Å². The van der Waals surface area contributed by atoms with Gasteiger partial charge in [-0.25, -0.2) is 0 Å². The van der Waals surface area contributed by atoms with Crippen molar-refractivity contribution in [2.24, 2.45) is 0 Å². The average Bonchev–Trinajstić information content (AvgIpc) is 1.98. The summed E-state index contributed by atoms with van der Waals surface area (Å²) in [7, 11) is 0. The lowest BCUT2D eigenvalue weighted by molar-refractivity contribution is 1.21. The summed E-state index contributed by atoms with van der Waals surface area (Å²) in [6.07, 6.45) is -0.586. The van der Waals surface area contributed by atoms with Crippen LogP contribution in [0.2, 0.25) is 0 Å². The molecule has 2 nitrogen and oxygen atoms in total. The Hall–Kier alpha value is -1.05. The van der Waals surface area contributed by atoms with Gasteiger partial charge in [0.15, 0.2) is 0 Å². The van der Waals surface area contributed by atoms with Crippen molar-refractivity contribution >= 4 is 0 Å². The quantitative estimate of drug-likeness (QED) is 0.530. The predicted octanol–water partition coefficient (Wildman–Crippen LogP) is 0.683. The summed E-state index contributed by atoms with van der Waals surface area (Å²) in [5, 5.41) is 0. The molecular formula is C6H7NO. The molecule has 42 valence electrons. The molecule has 0 atom stereocenters. The Morgan fingerprint density at radius 2 is 2.88 bits per heavy atom. The van der Waals surface area contributed by atoms with E-state index in [9.17, 15) is 4.79 Å². The van der Waals surface area contributed by atoms with E-state index < -0.39 is 36.2 Å². The van der Waals surface area contributed by atoms with Gasteiger partial charge in [-0.05, 0) is 18.5 Å². The minimum Gasteiger partial charge on any atom is -0.329 e. The highest BCUT2D eigenvalue weighted by Crippen LogP contribution is 1.84. The lowest BCUT2D eigenvalue weighted by atomic mass is 10.3. The number of hydrogen-bond donors (Lipinski definition) is 1. The van der Waals surface area contributed by atoms with Crippen molar-refractivity contribution in [1.82, 2.24) is 4.98 Å². The number of nitrogens with one attached hydrogen (secondary N) is 1. The summed E-state index contributed by atoms with van der Waals surface area (Å²) in [6, 6.07) is -1.40. The topological polar surface area (TPSA) is 32.9 Å². The van der Waals surface area contributed by atoms with Gasteiger partial charge >= 0.3 is 0 Å². The Kier molecular flexibility index (Phi) is 0.334. The Morgan fingerprint density at radius 1 is 2.00 bits per heavy atom. The van der Waals surface area contributed by atoms with Crippen LogP contribution < -0.4 is 5.56 Å². The van der Waals surface area contributed by atoms with Gasteiger partial charge in [0, 0.05) is 16.3 Å². The minimum atomic E-state index is -2.71. The molecule has 0 aliphatic carbocycles. The van der Waals surface area contributed by atoms with Gasteiger partial charge in [0.05, 0.1) is 4.11 Å². The van der Waals surface area contributed by atoms with E-state index in [2.05, 4.69) is 0 Å². The normalized spacial score (nSPS) is 21.5. The molecule has 0 fully saturated rings. The Balaban J connectivity index is 3.65. The average molecular weight is 115 g/mol. The molecule has 0 aromatic carbocycles. The number of rotatable bonds is 0. The molecule has 1 N–H and O–H groups in total. The van der Waals surface area contributed by atoms with Crippen molar-refractivity contribution in [2.75, 3.05) is 0 Å². The van der Waals surface area contributed by atoms with E-state index in [1.165, 1.54) is 0 Å². The van der Waals surface area contributed by atoms with Crippen molar-refractivity contribution in [3.8, 4) is 0 Å². The van der Waals surface area contributed by atoms with Gasteiger partial charge in [0.25, 0.3) is 0 Å². The second-order valence-corrected chi connectivity index (χ2v) is 1.20. The lowest BCUT2D eigenvalue weighted by Gasteiger charge is -1.83. The van der Waals surface area contributed by atoms with E-state index in [0.717, 1.165) is 0 Å². The summed E-state index contributed by atoms with van der Waals surface area (Å²) in [5.74, 6) is 0. The molecule has 2 heteroatoms. The largest absolute Gasteiger partial charge is 0.329 e. The zero-order valence-electron chi connectivity index (χ0n) is 9.91. The fourth-order valence-electron chi connectivity index (χ4n) is 0.327. The molecule has 1 rings (SSSR count). The van der Waals surface area contributed by atoms with Crippen molar-refractivity contribution in [2.45, 2.75) is 6.85 Å². The number of hydrogen-bond acceptors (Lipinski definition) is 1. The van der Waals surface area contributed by atoms with Gasteiger partial charge < -0.3 is 4.98 Å². The SMILES string of the molecule is [2H]c1[nH]c(=O)c([2H])c(C([2H])([2H])[2H])c1[2H]. The molecule has 1 aromatic rings. The standard InChI is InChI=1S/C6H7NO/c1-5-2-3-7-6(8)4-5/h2-4H,1H3,(H,7,8)/i1D3,2D,3D,4D. The molecule has 0 amide bonds. The van der Waals surface area contributed by atoms with Gasteiger partial charge in [-0.2, -0.15) is 0 Å². The molecule has 0 bridgehead atoms. The zero-order chi connectivity index (χ0) is 11.1. The molecule has 1 heterocycles. The third kappa shape index (κ3) is 0.964. The summed E-state index contributed by atoms with van der Waals surface area (Å²) < 4.78 is 42.5. The maximum atomic E-state index is 11.0. The highest BCUT2D eigenvalue weighted by Gasteiger charge is 1.80. The van der Waals surface area contributed by atoms with Gasteiger partial charge in [-0.1, -0.05) is 0 Å². The number of H-pyrrole nitrogens is 1. The minimum absolute atomic E-state index is 0.586. The molecule has 0 saturated heterocycles. The summed E-state index contributed by atoms with van der Waals surface area (Å²) >= 11 is 0. The lowest BCUT2D eigenvalue weighted by Crippen LogP contribution is -2.01. The van der Waals surface area contributed by atoms with Crippen LogP contribution in [0.5, 0.6) is 0 Å². The fourth-order valence-corrected chi connectivity index (χ4v) is 0.327. The molecule has 0 saturated carbocycles. The third-order valence-corrected chi connectivity index (χ3v) is 0.602. The zero-order valence-corrected chi connectivity index (χ0v) is 3.91. The molecule has 8 heavy (non-hydrogen) atoms. The van der Waals surface area contributed by atoms with Crippen LogP contribution in [0.4, 0.5) is 0 Å². The number of aromatic nitrogens is 1. The maximum Gasteiger partial charge on any atom is 0.248 e. The molecular weight excluding hydrogens is 102 g/mol. The summed E-state index contributed by atoms with van der Waals surface area (Å²) in [6.45, 7) is -2.71. The second kappa shape index (κ2) is 1.82. The number of pyridine rings is 1. The van der Waals surface area contributed by atoms with Gasteiger partial charge in [-0.15, -0.1) is 0 Å². The molecule has 0 radical (unpaired) electrons. The van der Waals surface area contributed by atoms with Gasteiger partial charge in [0.1, 0.15) is 0 Å². The summed E-state index contributed by atoms with van der Waals surface area (Å²) in [4.78, 5) is 12.9. The van der Waals surface area contributed by atoms with Crippen LogP contribution in [0.15, 0.2) is 23.1 Å². The Bertz CT molecular complexity index is 420. The van der Waals surface area contributed by atoms with E-state index in [-0.39, 0.29) is 0 Å². The highest BCUT2D eigenvalue weighted by molar-refractivity contribution is 5.06. The Labute approximate surface area is 55.6 Å².